The zero-order valence-corrected chi connectivity index (χ0v) is 10.2. The monoisotopic (exact) mass is 231 g/mol. The molecular weight excluding hydrogens is 214 g/mol. The first-order valence-electron chi connectivity index (χ1n) is 5.94. The molecule has 1 aromatic rings. The Morgan fingerprint density at radius 2 is 2.06 bits per heavy atom. The molecule has 1 fully saturated rings. The quantitative estimate of drug-likeness (QED) is 0.802. The summed E-state index contributed by atoms with van der Waals surface area (Å²) >= 11 is 0. The van der Waals surface area contributed by atoms with E-state index < -0.39 is 0 Å². The molecule has 1 aliphatic rings. The Morgan fingerprint density at radius 3 is 2.65 bits per heavy atom. The molecule has 1 aliphatic heterocycles. The number of hydrogen-bond acceptors (Lipinski definition) is 3. The van der Waals surface area contributed by atoms with E-state index in [1.807, 2.05) is 12.1 Å². The second-order valence-corrected chi connectivity index (χ2v) is 4.61. The van der Waals surface area contributed by atoms with Crippen molar-refractivity contribution in [2.24, 2.45) is 0 Å². The largest absolute Gasteiger partial charge is 0.346 e. The fourth-order valence-corrected chi connectivity index (χ4v) is 1.87. The molecule has 1 heterocycles. The van der Waals surface area contributed by atoms with Crippen molar-refractivity contribution in [3.8, 4) is 6.07 Å². The molecule has 0 amide bonds. The number of hydrogen-bond donors (Lipinski definition) is 0. The summed E-state index contributed by atoms with van der Waals surface area (Å²) in [5.74, 6) is 0.529. The van der Waals surface area contributed by atoms with Gasteiger partial charge in [-0.3, -0.25) is 0 Å². The number of ether oxygens (including phenoxy) is 2. The Balaban J connectivity index is 2.02. The maximum absolute atomic E-state index is 8.60. The molecule has 1 saturated heterocycles. The summed E-state index contributed by atoms with van der Waals surface area (Å²) in [6.07, 6.45) is -0.00930. The van der Waals surface area contributed by atoms with Crippen molar-refractivity contribution in [1.29, 1.82) is 5.26 Å². The van der Waals surface area contributed by atoms with Gasteiger partial charge in [-0.2, -0.15) is 5.26 Å². The average molecular weight is 231 g/mol. The SMILES string of the molecule is CC(C)c1ccc(C2OCC(CC#N)O2)cc1. The van der Waals surface area contributed by atoms with Crippen LogP contribution in [0.4, 0.5) is 0 Å². The fourth-order valence-electron chi connectivity index (χ4n) is 1.87. The van der Waals surface area contributed by atoms with Gasteiger partial charge in [0.25, 0.3) is 0 Å². The molecule has 2 atom stereocenters. The summed E-state index contributed by atoms with van der Waals surface area (Å²) in [4.78, 5) is 0. The normalized spacial score (nSPS) is 23.9. The van der Waals surface area contributed by atoms with Crippen molar-refractivity contribution < 1.29 is 9.47 Å². The Labute approximate surface area is 102 Å². The lowest BCUT2D eigenvalue weighted by molar-refractivity contribution is -0.0592. The summed E-state index contributed by atoms with van der Waals surface area (Å²) in [7, 11) is 0. The van der Waals surface area contributed by atoms with E-state index >= 15 is 0 Å². The van der Waals surface area contributed by atoms with Crippen LogP contribution in [0.15, 0.2) is 24.3 Å². The standard InChI is InChI=1S/C14H17NO2/c1-10(2)11-3-5-12(6-4-11)14-16-9-13(17-14)7-8-15/h3-6,10,13-14H,7,9H2,1-2H3. The third-order valence-corrected chi connectivity index (χ3v) is 2.94. The first-order chi connectivity index (χ1) is 8.20. The van der Waals surface area contributed by atoms with Gasteiger partial charge >= 0.3 is 0 Å². The van der Waals surface area contributed by atoms with Crippen LogP contribution in [0, 0.1) is 11.3 Å². The van der Waals surface area contributed by atoms with Crippen LogP contribution in [0.3, 0.4) is 0 Å². The van der Waals surface area contributed by atoms with Gasteiger partial charge in [0, 0.05) is 5.56 Å². The van der Waals surface area contributed by atoms with E-state index in [0.717, 1.165) is 5.56 Å². The highest BCUT2D eigenvalue weighted by molar-refractivity contribution is 5.25. The molecule has 1 aromatic carbocycles. The maximum Gasteiger partial charge on any atom is 0.184 e. The van der Waals surface area contributed by atoms with Crippen LogP contribution < -0.4 is 0 Å². The van der Waals surface area contributed by atoms with E-state index in [9.17, 15) is 0 Å². The minimum absolute atomic E-state index is 0.0882. The van der Waals surface area contributed by atoms with Crippen LogP contribution in [-0.2, 0) is 9.47 Å². The summed E-state index contributed by atoms with van der Waals surface area (Å²) in [5, 5.41) is 8.60. The van der Waals surface area contributed by atoms with Gasteiger partial charge in [0.1, 0.15) is 0 Å². The van der Waals surface area contributed by atoms with Crippen LogP contribution in [0.5, 0.6) is 0 Å². The molecular formula is C14H17NO2. The van der Waals surface area contributed by atoms with Crippen LogP contribution >= 0.6 is 0 Å². The minimum atomic E-state index is -0.311. The molecule has 0 spiro atoms. The maximum atomic E-state index is 8.60. The van der Waals surface area contributed by atoms with Gasteiger partial charge in [0.15, 0.2) is 6.29 Å². The van der Waals surface area contributed by atoms with Gasteiger partial charge in [-0.25, -0.2) is 0 Å². The first-order valence-corrected chi connectivity index (χ1v) is 5.94. The topological polar surface area (TPSA) is 42.2 Å². The van der Waals surface area contributed by atoms with Crippen LogP contribution in [0.2, 0.25) is 0 Å². The van der Waals surface area contributed by atoms with Crippen LogP contribution in [-0.4, -0.2) is 12.7 Å². The molecule has 3 heteroatoms. The highest BCUT2D eigenvalue weighted by atomic mass is 16.7. The second-order valence-electron chi connectivity index (χ2n) is 4.61. The zero-order chi connectivity index (χ0) is 12.3. The molecule has 0 aromatic heterocycles. The van der Waals surface area contributed by atoms with Crippen LogP contribution in [0.1, 0.15) is 43.6 Å². The Morgan fingerprint density at radius 1 is 1.35 bits per heavy atom. The van der Waals surface area contributed by atoms with Crippen molar-refractivity contribution in [2.75, 3.05) is 6.61 Å². The van der Waals surface area contributed by atoms with Crippen molar-refractivity contribution in [3.05, 3.63) is 35.4 Å². The van der Waals surface area contributed by atoms with Crippen molar-refractivity contribution >= 4 is 0 Å². The molecule has 0 saturated carbocycles. The van der Waals surface area contributed by atoms with Gasteiger partial charge < -0.3 is 9.47 Å². The third kappa shape index (κ3) is 2.85. The molecule has 0 bridgehead atoms. The molecule has 0 radical (unpaired) electrons. The predicted molar refractivity (Wildman–Crippen MR) is 64.3 cm³/mol. The van der Waals surface area contributed by atoms with Gasteiger partial charge in [0.2, 0.25) is 0 Å². The number of nitrogens with zero attached hydrogens (tertiary/aromatic N) is 1. The average Bonchev–Trinajstić information content (AvgIpc) is 2.78. The number of benzene rings is 1. The van der Waals surface area contributed by atoms with E-state index in [1.54, 1.807) is 0 Å². The molecule has 2 unspecified atom stereocenters. The lowest BCUT2D eigenvalue weighted by Gasteiger charge is -2.12. The smallest absolute Gasteiger partial charge is 0.184 e. The Hall–Kier alpha value is -1.37. The fraction of sp³-hybridized carbons (Fsp3) is 0.500. The van der Waals surface area contributed by atoms with Gasteiger partial charge in [-0.15, -0.1) is 0 Å². The highest BCUT2D eigenvalue weighted by Crippen LogP contribution is 2.28. The van der Waals surface area contributed by atoms with Gasteiger partial charge in [-0.1, -0.05) is 38.1 Å². The lowest BCUT2D eigenvalue weighted by atomic mass is 10.0. The lowest BCUT2D eigenvalue weighted by Crippen LogP contribution is -2.08. The number of nitriles is 1. The zero-order valence-electron chi connectivity index (χ0n) is 10.2. The predicted octanol–water partition coefficient (Wildman–Crippen LogP) is 3.14. The summed E-state index contributed by atoms with van der Waals surface area (Å²) in [6, 6.07) is 10.4. The summed E-state index contributed by atoms with van der Waals surface area (Å²) < 4.78 is 11.2. The highest BCUT2D eigenvalue weighted by Gasteiger charge is 2.26. The first kappa shape index (κ1) is 12.1. The number of rotatable bonds is 3. The molecule has 17 heavy (non-hydrogen) atoms. The van der Waals surface area contributed by atoms with E-state index in [2.05, 4.69) is 32.0 Å². The van der Waals surface area contributed by atoms with E-state index in [0.29, 0.717) is 18.9 Å². The molecule has 0 N–H and O–H groups in total. The van der Waals surface area contributed by atoms with Gasteiger partial charge in [0.05, 0.1) is 25.2 Å². The molecule has 3 nitrogen and oxygen atoms in total. The Kier molecular flexibility index (Phi) is 3.78. The minimum Gasteiger partial charge on any atom is -0.346 e. The third-order valence-electron chi connectivity index (χ3n) is 2.94. The van der Waals surface area contributed by atoms with Crippen molar-refractivity contribution in [1.82, 2.24) is 0 Å². The van der Waals surface area contributed by atoms with Crippen molar-refractivity contribution in [2.45, 2.75) is 38.6 Å². The molecule has 2 rings (SSSR count). The summed E-state index contributed by atoms with van der Waals surface area (Å²) in [6.45, 7) is 4.84. The Bertz CT molecular complexity index is 405. The van der Waals surface area contributed by atoms with E-state index in [-0.39, 0.29) is 12.4 Å². The molecule has 0 aliphatic carbocycles. The van der Waals surface area contributed by atoms with E-state index in [4.69, 9.17) is 14.7 Å². The van der Waals surface area contributed by atoms with E-state index in [1.165, 1.54) is 5.56 Å². The van der Waals surface area contributed by atoms with Crippen molar-refractivity contribution in [3.63, 3.8) is 0 Å². The summed E-state index contributed by atoms with van der Waals surface area (Å²) in [5.41, 5.74) is 2.33. The van der Waals surface area contributed by atoms with Crippen LogP contribution in [0.25, 0.3) is 0 Å². The second kappa shape index (κ2) is 5.31. The van der Waals surface area contributed by atoms with Gasteiger partial charge in [-0.05, 0) is 11.5 Å². The molecule has 90 valence electrons.